The minimum atomic E-state index is -4.56. The first-order valence-corrected chi connectivity index (χ1v) is 6.27. The summed E-state index contributed by atoms with van der Waals surface area (Å²) in [4.78, 5) is 0. The number of alkyl halides is 3. The Morgan fingerprint density at radius 3 is 2.29 bits per heavy atom. The third kappa shape index (κ3) is 3.06. The van der Waals surface area contributed by atoms with Gasteiger partial charge in [-0.15, -0.1) is 0 Å². The topological polar surface area (TPSA) is 67.6 Å². The molecule has 0 unspecified atom stereocenters. The maximum Gasteiger partial charge on any atom is 0.416 e. The molecule has 1 aromatic carbocycles. The largest absolute Gasteiger partial charge is 0.416 e. The number of aromatic nitrogens is 2. The van der Waals surface area contributed by atoms with Gasteiger partial charge in [-0.05, 0) is 12.1 Å². The molecular formula is C12H7Cl2F3N4. The summed E-state index contributed by atoms with van der Waals surface area (Å²) in [5, 5.41) is 12.1. The molecule has 0 amide bonds. The molecule has 0 fully saturated rings. The van der Waals surface area contributed by atoms with E-state index in [-0.39, 0.29) is 28.0 Å². The predicted molar refractivity (Wildman–Crippen MR) is 72.3 cm³/mol. The van der Waals surface area contributed by atoms with E-state index >= 15 is 0 Å². The van der Waals surface area contributed by atoms with Crippen molar-refractivity contribution in [1.82, 2.24) is 9.78 Å². The highest BCUT2D eigenvalue weighted by Gasteiger charge is 2.32. The van der Waals surface area contributed by atoms with Gasteiger partial charge in [0.15, 0.2) is 0 Å². The van der Waals surface area contributed by atoms with Crippen LogP contribution in [0.5, 0.6) is 0 Å². The van der Waals surface area contributed by atoms with E-state index in [4.69, 9.17) is 34.2 Å². The highest BCUT2D eigenvalue weighted by Crippen LogP contribution is 2.38. The molecule has 9 heteroatoms. The minimum Gasteiger partial charge on any atom is -0.384 e. The van der Waals surface area contributed by atoms with E-state index in [1.165, 1.54) is 6.07 Å². The lowest BCUT2D eigenvalue weighted by molar-refractivity contribution is -0.137. The van der Waals surface area contributed by atoms with E-state index in [1.54, 1.807) is 0 Å². The second kappa shape index (κ2) is 5.47. The van der Waals surface area contributed by atoms with Crippen LogP contribution in [0, 0.1) is 11.3 Å². The van der Waals surface area contributed by atoms with Crippen LogP contribution in [0.2, 0.25) is 10.0 Å². The normalized spacial score (nSPS) is 11.4. The van der Waals surface area contributed by atoms with Crippen LogP contribution in [0.1, 0.15) is 11.3 Å². The molecule has 0 aliphatic carbocycles. The minimum absolute atomic E-state index is 0.00702. The number of halogens is 5. The number of rotatable bonds is 2. The van der Waals surface area contributed by atoms with Gasteiger partial charge in [0.25, 0.3) is 0 Å². The maximum atomic E-state index is 12.7. The Kier molecular flexibility index (Phi) is 4.03. The summed E-state index contributed by atoms with van der Waals surface area (Å²) in [6, 6.07) is 4.80. The molecule has 2 aromatic rings. The van der Waals surface area contributed by atoms with Gasteiger partial charge in [0.05, 0.1) is 33.8 Å². The highest BCUT2D eigenvalue weighted by atomic mass is 35.5. The van der Waals surface area contributed by atoms with E-state index in [2.05, 4.69) is 5.10 Å². The van der Waals surface area contributed by atoms with Gasteiger partial charge in [0, 0.05) is 6.07 Å². The van der Waals surface area contributed by atoms with Crippen molar-refractivity contribution in [1.29, 1.82) is 5.26 Å². The van der Waals surface area contributed by atoms with E-state index in [0.717, 1.165) is 16.8 Å². The standard InChI is InChI=1S/C12H7Cl2F3N4/c13-8-3-6(12(15,16)17)4-9(14)11(8)21-10(19)5-7(20-21)1-2-18/h3-5H,1,19H2. The Bertz CT molecular complexity index is 708. The summed E-state index contributed by atoms with van der Waals surface area (Å²) in [6.45, 7) is 0. The molecule has 2 N–H and O–H groups in total. The first-order valence-electron chi connectivity index (χ1n) is 5.52. The zero-order valence-corrected chi connectivity index (χ0v) is 11.8. The van der Waals surface area contributed by atoms with Gasteiger partial charge in [0.2, 0.25) is 0 Å². The Balaban J connectivity index is 2.58. The Labute approximate surface area is 127 Å². The molecule has 0 saturated heterocycles. The number of nitriles is 1. The molecule has 110 valence electrons. The van der Waals surface area contributed by atoms with Gasteiger partial charge in [-0.1, -0.05) is 23.2 Å². The average molecular weight is 335 g/mol. The van der Waals surface area contributed by atoms with Gasteiger partial charge in [-0.25, -0.2) is 4.68 Å². The van der Waals surface area contributed by atoms with Crippen LogP contribution < -0.4 is 5.73 Å². The summed E-state index contributed by atoms with van der Waals surface area (Å²) in [6.07, 6.45) is -4.56. The molecular weight excluding hydrogens is 328 g/mol. The summed E-state index contributed by atoms with van der Waals surface area (Å²) in [7, 11) is 0. The first-order chi connectivity index (χ1) is 9.74. The van der Waals surface area contributed by atoms with E-state index in [1.807, 2.05) is 6.07 Å². The first kappa shape index (κ1) is 15.5. The van der Waals surface area contributed by atoms with Gasteiger partial charge >= 0.3 is 6.18 Å². The van der Waals surface area contributed by atoms with Crippen molar-refractivity contribution in [2.24, 2.45) is 0 Å². The third-order valence-corrected chi connectivity index (χ3v) is 3.18. The zero-order valence-electron chi connectivity index (χ0n) is 10.2. The van der Waals surface area contributed by atoms with Crippen molar-refractivity contribution in [3.05, 3.63) is 39.5 Å². The number of nitrogens with zero attached hydrogens (tertiary/aromatic N) is 3. The van der Waals surface area contributed by atoms with Gasteiger partial charge < -0.3 is 5.73 Å². The van der Waals surface area contributed by atoms with Crippen molar-refractivity contribution in [2.45, 2.75) is 12.6 Å². The number of anilines is 1. The zero-order chi connectivity index (χ0) is 15.8. The Morgan fingerprint density at radius 1 is 1.24 bits per heavy atom. The summed E-state index contributed by atoms with van der Waals surface area (Å²) in [5.41, 5.74) is 5.15. The predicted octanol–water partition coefficient (Wildman–Crippen LogP) is 3.85. The fourth-order valence-electron chi connectivity index (χ4n) is 1.72. The molecule has 0 saturated carbocycles. The number of benzene rings is 1. The number of hydrogen-bond acceptors (Lipinski definition) is 3. The smallest absolute Gasteiger partial charge is 0.384 e. The van der Waals surface area contributed by atoms with Crippen molar-refractivity contribution in [3.63, 3.8) is 0 Å². The lowest BCUT2D eigenvalue weighted by atomic mass is 10.2. The second-order valence-electron chi connectivity index (χ2n) is 4.09. The molecule has 1 heterocycles. The van der Waals surface area contributed by atoms with Crippen LogP contribution in [-0.2, 0) is 12.6 Å². The monoisotopic (exact) mass is 334 g/mol. The molecule has 2 rings (SSSR count). The summed E-state index contributed by atoms with van der Waals surface area (Å²) >= 11 is 11.7. The molecule has 0 aliphatic heterocycles. The Hall–Kier alpha value is -1.91. The molecule has 0 aliphatic rings. The maximum absolute atomic E-state index is 12.7. The van der Waals surface area contributed by atoms with Crippen LogP contribution in [-0.4, -0.2) is 9.78 Å². The van der Waals surface area contributed by atoms with Crippen LogP contribution >= 0.6 is 23.2 Å². The van der Waals surface area contributed by atoms with Crippen LogP contribution in [0.4, 0.5) is 19.0 Å². The third-order valence-electron chi connectivity index (χ3n) is 2.60. The number of hydrogen-bond donors (Lipinski definition) is 1. The van der Waals surface area contributed by atoms with E-state index in [9.17, 15) is 13.2 Å². The Morgan fingerprint density at radius 2 is 1.81 bits per heavy atom. The van der Waals surface area contributed by atoms with Crippen LogP contribution in [0.15, 0.2) is 18.2 Å². The quantitative estimate of drug-likeness (QED) is 0.906. The van der Waals surface area contributed by atoms with Gasteiger partial charge in [-0.2, -0.15) is 23.5 Å². The highest BCUT2D eigenvalue weighted by molar-refractivity contribution is 6.37. The summed E-state index contributed by atoms with van der Waals surface area (Å²) < 4.78 is 39.1. The molecule has 0 spiro atoms. The second-order valence-corrected chi connectivity index (χ2v) is 4.91. The fourth-order valence-corrected chi connectivity index (χ4v) is 2.37. The lowest BCUT2D eigenvalue weighted by Crippen LogP contribution is -2.08. The molecule has 0 atom stereocenters. The van der Waals surface area contributed by atoms with Crippen molar-refractivity contribution in [2.75, 3.05) is 5.73 Å². The number of nitrogens with two attached hydrogens (primary N) is 1. The summed E-state index contributed by atoms with van der Waals surface area (Å²) in [5.74, 6) is 0.115. The average Bonchev–Trinajstić information content (AvgIpc) is 2.69. The molecule has 0 radical (unpaired) electrons. The molecule has 0 bridgehead atoms. The van der Waals surface area contributed by atoms with Crippen LogP contribution in [0.3, 0.4) is 0 Å². The van der Waals surface area contributed by atoms with E-state index < -0.39 is 11.7 Å². The number of nitrogen functional groups attached to an aromatic ring is 1. The molecule has 21 heavy (non-hydrogen) atoms. The van der Waals surface area contributed by atoms with Gasteiger partial charge in [-0.3, -0.25) is 0 Å². The fraction of sp³-hybridized carbons (Fsp3) is 0.167. The molecule has 1 aromatic heterocycles. The van der Waals surface area contributed by atoms with Gasteiger partial charge in [0.1, 0.15) is 11.5 Å². The van der Waals surface area contributed by atoms with Crippen molar-refractivity contribution in [3.8, 4) is 11.8 Å². The van der Waals surface area contributed by atoms with Crippen molar-refractivity contribution >= 4 is 29.0 Å². The lowest BCUT2D eigenvalue weighted by Gasteiger charge is -2.13. The van der Waals surface area contributed by atoms with Crippen molar-refractivity contribution < 1.29 is 13.2 Å². The van der Waals surface area contributed by atoms with Crippen LogP contribution in [0.25, 0.3) is 5.69 Å². The SMILES string of the molecule is N#CCc1cc(N)n(-c2c(Cl)cc(C(F)(F)F)cc2Cl)n1. The van der Waals surface area contributed by atoms with E-state index in [0.29, 0.717) is 5.69 Å². The molecule has 4 nitrogen and oxygen atoms in total.